The van der Waals surface area contributed by atoms with E-state index in [4.69, 9.17) is 4.74 Å². The van der Waals surface area contributed by atoms with E-state index in [9.17, 15) is 9.18 Å². The molecule has 0 aromatic heterocycles. The van der Waals surface area contributed by atoms with Crippen LogP contribution < -0.4 is 4.90 Å². The lowest BCUT2D eigenvalue weighted by molar-refractivity contribution is -0.149. The summed E-state index contributed by atoms with van der Waals surface area (Å²) in [4.78, 5) is 17.0. The van der Waals surface area contributed by atoms with Crippen LogP contribution in [0.15, 0.2) is 24.3 Å². The molecular weight excluding hydrogens is 331 g/mol. The molecule has 2 fully saturated rings. The Balaban J connectivity index is 1.50. The van der Waals surface area contributed by atoms with Crippen molar-refractivity contribution >= 4 is 11.7 Å². The van der Waals surface area contributed by atoms with Gasteiger partial charge in [-0.2, -0.15) is 0 Å². The normalized spacial score (nSPS) is 26.2. The van der Waals surface area contributed by atoms with Gasteiger partial charge in [-0.05, 0) is 50.5 Å². The molecule has 1 aromatic carbocycles. The zero-order chi connectivity index (χ0) is 18.7. The quantitative estimate of drug-likeness (QED) is 0.720. The van der Waals surface area contributed by atoms with Gasteiger partial charge in [0.1, 0.15) is 11.9 Å². The van der Waals surface area contributed by atoms with Gasteiger partial charge in [-0.15, -0.1) is 0 Å². The minimum atomic E-state index is -0.252. The fourth-order valence-corrected chi connectivity index (χ4v) is 4.35. The van der Waals surface area contributed by atoms with Crippen LogP contribution in [0.1, 0.15) is 46.5 Å². The Kier molecular flexibility index (Phi) is 5.86. The molecule has 2 saturated heterocycles. The highest BCUT2D eigenvalue weighted by Crippen LogP contribution is 2.41. The Morgan fingerprint density at radius 3 is 2.46 bits per heavy atom. The second-order valence-electron chi connectivity index (χ2n) is 7.81. The minimum Gasteiger partial charge on any atom is -0.462 e. The molecule has 1 aromatic rings. The van der Waals surface area contributed by atoms with Crippen LogP contribution in [0.3, 0.4) is 0 Å². The number of halogens is 1. The SMILES string of the molecule is CCC1(CC)C[C@H](CCN2CCN(c3ccc(F)cc3)C[C@@H]2C)OC1=O. The van der Waals surface area contributed by atoms with Gasteiger partial charge in [0.05, 0.1) is 5.41 Å². The van der Waals surface area contributed by atoms with Crippen LogP contribution in [0, 0.1) is 11.2 Å². The fraction of sp³-hybridized carbons (Fsp3) is 0.667. The zero-order valence-electron chi connectivity index (χ0n) is 16.2. The van der Waals surface area contributed by atoms with Crippen LogP contribution in [0.25, 0.3) is 0 Å². The number of ether oxygens (including phenoxy) is 1. The van der Waals surface area contributed by atoms with Crippen molar-refractivity contribution in [1.29, 1.82) is 0 Å². The van der Waals surface area contributed by atoms with Crippen molar-refractivity contribution in [1.82, 2.24) is 4.90 Å². The molecule has 0 radical (unpaired) electrons. The van der Waals surface area contributed by atoms with Gasteiger partial charge >= 0.3 is 5.97 Å². The molecule has 0 aliphatic carbocycles. The molecular formula is C21H31FN2O2. The predicted molar refractivity (Wildman–Crippen MR) is 102 cm³/mol. The lowest BCUT2D eigenvalue weighted by atomic mass is 9.79. The maximum absolute atomic E-state index is 13.1. The van der Waals surface area contributed by atoms with E-state index < -0.39 is 0 Å². The molecule has 4 nitrogen and oxygen atoms in total. The summed E-state index contributed by atoms with van der Waals surface area (Å²) in [5, 5.41) is 0. The summed E-state index contributed by atoms with van der Waals surface area (Å²) in [7, 11) is 0. The van der Waals surface area contributed by atoms with Crippen LogP contribution in [0.5, 0.6) is 0 Å². The number of nitrogens with zero attached hydrogens (tertiary/aromatic N) is 2. The van der Waals surface area contributed by atoms with Gasteiger partial charge in [0, 0.05) is 44.3 Å². The smallest absolute Gasteiger partial charge is 0.312 e. The van der Waals surface area contributed by atoms with Crippen LogP contribution >= 0.6 is 0 Å². The molecule has 0 bridgehead atoms. The van der Waals surface area contributed by atoms with Crippen molar-refractivity contribution in [3.8, 4) is 0 Å². The number of benzene rings is 1. The fourth-order valence-electron chi connectivity index (χ4n) is 4.35. The summed E-state index contributed by atoms with van der Waals surface area (Å²) in [5.41, 5.74) is 0.829. The van der Waals surface area contributed by atoms with E-state index in [2.05, 4.69) is 30.6 Å². The van der Waals surface area contributed by atoms with E-state index in [0.29, 0.717) is 6.04 Å². The molecule has 0 N–H and O–H groups in total. The van der Waals surface area contributed by atoms with E-state index in [1.165, 1.54) is 12.1 Å². The van der Waals surface area contributed by atoms with E-state index in [1.807, 2.05) is 12.1 Å². The molecule has 2 atom stereocenters. The third kappa shape index (κ3) is 3.88. The first-order chi connectivity index (χ1) is 12.5. The number of piperazine rings is 1. The largest absolute Gasteiger partial charge is 0.462 e. The molecule has 144 valence electrons. The number of hydrogen-bond donors (Lipinski definition) is 0. The first-order valence-corrected chi connectivity index (χ1v) is 9.93. The number of carbonyl (C=O) groups excluding carboxylic acids is 1. The van der Waals surface area contributed by atoms with Gasteiger partial charge in [-0.25, -0.2) is 4.39 Å². The topological polar surface area (TPSA) is 32.8 Å². The Morgan fingerprint density at radius 1 is 1.19 bits per heavy atom. The highest BCUT2D eigenvalue weighted by molar-refractivity contribution is 5.78. The second-order valence-corrected chi connectivity index (χ2v) is 7.81. The van der Waals surface area contributed by atoms with Crippen LogP contribution in [-0.2, 0) is 9.53 Å². The maximum Gasteiger partial charge on any atom is 0.312 e. The lowest BCUT2D eigenvalue weighted by Crippen LogP contribution is -2.52. The van der Waals surface area contributed by atoms with E-state index in [1.54, 1.807) is 0 Å². The van der Waals surface area contributed by atoms with E-state index >= 15 is 0 Å². The Morgan fingerprint density at radius 2 is 1.88 bits per heavy atom. The van der Waals surface area contributed by atoms with Crippen molar-refractivity contribution in [2.75, 3.05) is 31.1 Å². The zero-order valence-corrected chi connectivity index (χ0v) is 16.2. The molecule has 2 heterocycles. The lowest BCUT2D eigenvalue weighted by Gasteiger charge is -2.41. The van der Waals surface area contributed by atoms with Crippen LogP contribution in [0.2, 0.25) is 0 Å². The monoisotopic (exact) mass is 362 g/mol. The van der Waals surface area contributed by atoms with Crippen molar-refractivity contribution < 1.29 is 13.9 Å². The van der Waals surface area contributed by atoms with E-state index in [0.717, 1.165) is 57.5 Å². The molecule has 26 heavy (non-hydrogen) atoms. The summed E-state index contributed by atoms with van der Waals surface area (Å²) in [6.45, 7) is 10.2. The first kappa shape index (κ1) is 19.2. The van der Waals surface area contributed by atoms with Gasteiger partial charge in [-0.3, -0.25) is 9.69 Å². The summed E-state index contributed by atoms with van der Waals surface area (Å²) >= 11 is 0. The molecule has 0 saturated carbocycles. The average Bonchev–Trinajstić information content (AvgIpc) is 2.97. The molecule has 3 rings (SSSR count). The molecule has 5 heteroatoms. The molecule has 0 unspecified atom stereocenters. The Bertz CT molecular complexity index is 615. The Hall–Kier alpha value is -1.62. The number of carbonyl (C=O) groups is 1. The number of anilines is 1. The molecule has 0 amide bonds. The van der Waals surface area contributed by atoms with Gasteiger partial charge in [0.25, 0.3) is 0 Å². The summed E-state index contributed by atoms with van der Waals surface area (Å²) in [6, 6.07) is 7.17. The van der Waals surface area contributed by atoms with Crippen molar-refractivity contribution in [2.45, 2.75) is 58.6 Å². The standard InChI is InChI=1S/C21H31FN2O2/c1-4-21(5-2)14-19(26-20(21)25)10-11-23-12-13-24(15-16(23)3)18-8-6-17(22)7-9-18/h6-9,16,19H,4-5,10-15H2,1-3H3/t16-,19-/m0/s1. The van der Waals surface area contributed by atoms with Crippen LogP contribution in [0.4, 0.5) is 10.1 Å². The highest BCUT2D eigenvalue weighted by Gasteiger charge is 2.46. The number of hydrogen-bond acceptors (Lipinski definition) is 4. The van der Waals surface area contributed by atoms with E-state index in [-0.39, 0.29) is 23.3 Å². The highest BCUT2D eigenvalue weighted by atomic mass is 19.1. The third-order valence-electron chi connectivity index (χ3n) is 6.37. The predicted octanol–water partition coefficient (Wildman–Crippen LogP) is 3.85. The van der Waals surface area contributed by atoms with Gasteiger partial charge in [-0.1, -0.05) is 13.8 Å². The average molecular weight is 362 g/mol. The van der Waals surface area contributed by atoms with Crippen molar-refractivity contribution in [3.63, 3.8) is 0 Å². The molecule has 2 aliphatic heterocycles. The number of rotatable bonds is 6. The van der Waals surface area contributed by atoms with Gasteiger partial charge in [0.15, 0.2) is 0 Å². The van der Waals surface area contributed by atoms with Crippen molar-refractivity contribution in [3.05, 3.63) is 30.1 Å². The number of esters is 1. The second kappa shape index (κ2) is 7.95. The van der Waals surface area contributed by atoms with Crippen LogP contribution in [-0.4, -0.2) is 49.2 Å². The molecule has 0 spiro atoms. The third-order valence-corrected chi connectivity index (χ3v) is 6.37. The summed E-state index contributed by atoms with van der Waals surface area (Å²) in [5.74, 6) is -0.191. The van der Waals surface area contributed by atoms with Gasteiger partial charge < -0.3 is 9.64 Å². The van der Waals surface area contributed by atoms with Gasteiger partial charge in [0.2, 0.25) is 0 Å². The summed E-state index contributed by atoms with van der Waals surface area (Å²) in [6.07, 6.45) is 3.57. The van der Waals surface area contributed by atoms with Crippen molar-refractivity contribution in [2.24, 2.45) is 5.41 Å². The Labute approximate surface area is 156 Å². The first-order valence-electron chi connectivity index (χ1n) is 9.93. The minimum absolute atomic E-state index is 0.00155. The summed E-state index contributed by atoms with van der Waals surface area (Å²) < 4.78 is 18.8. The number of cyclic esters (lactones) is 1. The maximum atomic E-state index is 13.1. The molecule has 2 aliphatic rings.